The number of nitrogens with zero attached hydrogens (tertiary/aromatic N) is 1. The number of Topliss-reactive ketones (excluding diaryl/α,β-unsaturated/α-hetero) is 1. The Bertz CT molecular complexity index is 350. The van der Waals surface area contributed by atoms with Crippen molar-refractivity contribution in [3.63, 3.8) is 0 Å². The standard InChI is InChI=1S/C14H19NO/c1-12(16)14-7-5-13(6-8-14)11-15-9-3-2-4-10-15/h5-8H,2-4,9-11H2,1H3. The molecule has 2 nitrogen and oxygen atoms in total. The van der Waals surface area contributed by atoms with Crippen LogP contribution in [0.1, 0.15) is 42.1 Å². The molecule has 0 aromatic heterocycles. The van der Waals surface area contributed by atoms with Gasteiger partial charge in [-0.2, -0.15) is 0 Å². The zero-order valence-electron chi connectivity index (χ0n) is 9.91. The van der Waals surface area contributed by atoms with Crippen LogP contribution in [0.15, 0.2) is 24.3 Å². The molecule has 86 valence electrons. The molecule has 0 bridgehead atoms. The van der Waals surface area contributed by atoms with Crippen LogP contribution in [-0.4, -0.2) is 23.8 Å². The van der Waals surface area contributed by atoms with E-state index in [1.807, 2.05) is 12.1 Å². The molecule has 1 aromatic carbocycles. The normalized spacial score (nSPS) is 17.3. The average Bonchev–Trinajstić information content (AvgIpc) is 2.31. The monoisotopic (exact) mass is 217 g/mol. The summed E-state index contributed by atoms with van der Waals surface area (Å²) in [6.45, 7) is 5.07. The lowest BCUT2D eigenvalue weighted by Gasteiger charge is -2.26. The van der Waals surface area contributed by atoms with Crippen molar-refractivity contribution in [2.75, 3.05) is 13.1 Å². The van der Waals surface area contributed by atoms with Crippen molar-refractivity contribution in [2.45, 2.75) is 32.7 Å². The summed E-state index contributed by atoms with van der Waals surface area (Å²) in [4.78, 5) is 13.6. The summed E-state index contributed by atoms with van der Waals surface area (Å²) in [7, 11) is 0. The lowest BCUT2D eigenvalue weighted by molar-refractivity contribution is 0.101. The summed E-state index contributed by atoms with van der Waals surface area (Å²) in [6.07, 6.45) is 4.02. The van der Waals surface area contributed by atoms with Crippen LogP contribution in [0.4, 0.5) is 0 Å². The van der Waals surface area contributed by atoms with Gasteiger partial charge in [-0.15, -0.1) is 0 Å². The predicted octanol–water partition coefficient (Wildman–Crippen LogP) is 2.88. The van der Waals surface area contributed by atoms with E-state index in [1.54, 1.807) is 6.92 Å². The number of carbonyl (C=O) groups is 1. The topological polar surface area (TPSA) is 20.3 Å². The van der Waals surface area contributed by atoms with Crippen LogP contribution >= 0.6 is 0 Å². The summed E-state index contributed by atoms with van der Waals surface area (Å²) in [5.74, 6) is 0.143. The van der Waals surface area contributed by atoms with E-state index in [2.05, 4.69) is 17.0 Å². The van der Waals surface area contributed by atoms with Crippen LogP contribution in [0.5, 0.6) is 0 Å². The van der Waals surface area contributed by atoms with Gasteiger partial charge in [-0.1, -0.05) is 30.7 Å². The van der Waals surface area contributed by atoms with Gasteiger partial charge in [-0.3, -0.25) is 9.69 Å². The zero-order valence-corrected chi connectivity index (χ0v) is 9.91. The van der Waals surface area contributed by atoms with E-state index in [1.165, 1.54) is 37.9 Å². The molecule has 1 heterocycles. The van der Waals surface area contributed by atoms with Gasteiger partial charge in [-0.05, 0) is 38.4 Å². The smallest absolute Gasteiger partial charge is 0.159 e. The summed E-state index contributed by atoms with van der Waals surface area (Å²) < 4.78 is 0. The Morgan fingerprint density at radius 1 is 1.12 bits per heavy atom. The largest absolute Gasteiger partial charge is 0.299 e. The van der Waals surface area contributed by atoms with Crippen molar-refractivity contribution in [3.8, 4) is 0 Å². The number of likely N-dealkylation sites (tertiary alicyclic amines) is 1. The molecule has 0 spiro atoms. The van der Waals surface area contributed by atoms with E-state index in [-0.39, 0.29) is 5.78 Å². The molecule has 16 heavy (non-hydrogen) atoms. The minimum atomic E-state index is 0.143. The van der Waals surface area contributed by atoms with Gasteiger partial charge in [0.05, 0.1) is 0 Å². The van der Waals surface area contributed by atoms with Gasteiger partial charge < -0.3 is 0 Å². The Labute approximate surface area is 97.3 Å². The van der Waals surface area contributed by atoms with Crippen molar-refractivity contribution in [1.82, 2.24) is 4.90 Å². The average molecular weight is 217 g/mol. The van der Waals surface area contributed by atoms with E-state index in [4.69, 9.17) is 0 Å². The fourth-order valence-electron chi connectivity index (χ4n) is 2.22. The van der Waals surface area contributed by atoms with Crippen molar-refractivity contribution in [2.24, 2.45) is 0 Å². The molecule has 0 N–H and O–H groups in total. The van der Waals surface area contributed by atoms with Gasteiger partial charge in [0, 0.05) is 12.1 Å². The number of hydrogen-bond donors (Lipinski definition) is 0. The quantitative estimate of drug-likeness (QED) is 0.726. The minimum absolute atomic E-state index is 0.143. The fraction of sp³-hybridized carbons (Fsp3) is 0.500. The first-order chi connectivity index (χ1) is 7.75. The van der Waals surface area contributed by atoms with Crippen LogP contribution in [-0.2, 0) is 6.54 Å². The number of ketones is 1. The second-order valence-electron chi connectivity index (χ2n) is 4.59. The predicted molar refractivity (Wildman–Crippen MR) is 65.6 cm³/mol. The highest BCUT2D eigenvalue weighted by atomic mass is 16.1. The van der Waals surface area contributed by atoms with Crippen molar-refractivity contribution < 1.29 is 4.79 Å². The molecule has 0 saturated carbocycles. The number of carbonyl (C=O) groups excluding carboxylic acids is 1. The van der Waals surface area contributed by atoms with Gasteiger partial charge >= 0.3 is 0 Å². The number of benzene rings is 1. The molecule has 1 fully saturated rings. The Balaban J connectivity index is 1.96. The highest BCUT2D eigenvalue weighted by Gasteiger charge is 2.10. The highest BCUT2D eigenvalue weighted by Crippen LogP contribution is 2.13. The van der Waals surface area contributed by atoms with Crippen LogP contribution in [0, 0.1) is 0 Å². The Morgan fingerprint density at radius 3 is 2.31 bits per heavy atom. The van der Waals surface area contributed by atoms with E-state index >= 15 is 0 Å². The molecule has 0 radical (unpaired) electrons. The lowest BCUT2D eigenvalue weighted by Crippen LogP contribution is -2.29. The SMILES string of the molecule is CC(=O)c1ccc(CN2CCCCC2)cc1. The molecule has 1 saturated heterocycles. The number of hydrogen-bond acceptors (Lipinski definition) is 2. The molecule has 0 amide bonds. The maximum Gasteiger partial charge on any atom is 0.159 e. The molecule has 1 aromatic rings. The van der Waals surface area contributed by atoms with Gasteiger partial charge in [0.1, 0.15) is 0 Å². The first-order valence-electron chi connectivity index (χ1n) is 6.08. The highest BCUT2D eigenvalue weighted by molar-refractivity contribution is 5.93. The summed E-state index contributed by atoms with van der Waals surface area (Å²) in [5.41, 5.74) is 2.12. The van der Waals surface area contributed by atoms with Gasteiger partial charge in [0.15, 0.2) is 5.78 Å². The van der Waals surface area contributed by atoms with Crippen LogP contribution < -0.4 is 0 Å². The molecule has 0 unspecified atom stereocenters. The summed E-state index contributed by atoms with van der Waals surface area (Å²) in [5, 5.41) is 0. The molecular weight excluding hydrogens is 198 g/mol. The van der Waals surface area contributed by atoms with E-state index < -0.39 is 0 Å². The van der Waals surface area contributed by atoms with Crippen molar-refractivity contribution in [3.05, 3.63) is 35.4 Å². The molecule has 0 atom stereocenters. The molecule has 2 rings (SSSR count). The minimum Gasteiger partial charge on any atom is -0.299 e. The molecule has 2 heteroatoms. The lowest BCUT2D eigenvalue weighted by atomic mass is 10.1. The van der Waals surface area contributed by atoms with Crippen molar-refractivity contribution in [1.29, 1.82) is 0 Å². The van der Waals surface area contributed by atoms with Gasteiger partial charge in [-0.25, -0.2) is 0 Å². The Kier molecular flexibility index (Phi) is 3.73. The second kappa shape index (κ2) is 5.26. The fourth-order valence-corrected chi connectivity index (χ4v) is 2.22. The second-order valence-corrected chi connectivity index (χ2v) is 4.59. The molecule has 1 aliphatic heterocycles. The third-order valence-corrected chi connectivity index (χ3v) is 3.22. The Hall–Kier alpha value is -1.15. The van der Waals surface area contributed by atoms with Crippen LogP contribution in [0.2, 0.25) is 0 Å². The number of rotatable bonds is 3. The first-order valence-corrected chi connectivity index (χ1v) is 6.08. The third kappa shape index (κ3) is 2.92. The summed E-state index contributed by atoms with van der Waals surface area (Å²) in [6, 6.07) is 8.01. The van der Waals surface area contributed by atoms with Crippen molar-refractivity contribution >= 4 is 5.78 Å². The third-order valence-electron chi connectivity index (χ3n) is 3.22. The molecular formula is C14H19NO. The van der Waals surface area contributed by atoms with Crippen LogP contribution in [0.3, 0.4) is 0 Å². The first kappa shape index (κ1) is 11.3. The zero-order chi connectivity index (χ0) is 11.4. The van der Waals surface area contributed by atoms with E-state index in [0.29, 0.717) is 0 Å². The maximum absolute atomic E-state index is 11.1. The summed E-state index contributed by atoms with van der Waals surface area (Å²) >= 11 is 0. The Morgan fingerprint density at radius 2 is 1.75 bits per heavy atom. The van der Waals surface area contributed by atoms with E-state index in [0.717, 1.165) is 12.1 Å². The van der Waals surface area contributed by atoms with Gasteiger partial charge in [0.2, 0.25) is 0 Å². The molecule has 1 aliphatic rings. The van der Waals surface area contributed by atoms with E-state index in [9.17, 15) is 4.79 Å². The van der Waals surface area contributed by atoms with Gasteiger partial charge in [0.25, 0.3) is 0 Å². The maximum atomic E-state index is 11.1. The number of piperidine rings is 1. The van der Waals surface area contributed by atoms with Crippen LogP contribution in [0.25, 0.3) is 0 Å². The molecule has 0 aliphatic carbocycles.